The van der Waals surface area contributed by atoms with Crippen LogP contribution in [0.2, 0.25) is 0 Å². The fraction of sp³-hybridized carbons (Fsp3) is 0.259. The van der Waals surface area contributed by atoms with Crippen molar-refractivity contribution in [3.05, 3.63) is 91.0 Å². The van der Waals surface area contributed by atoms with Crippen LogP contribution in [0.15, 0.2) is 91.0 Å². The number of carbonyl (C=O) groups excluding carboxylic acids is 2. The fourth-order valence-electron chi connectivity index (χ4n) is 3.19. The number of rotatable bonds is 12. The van der Waals surface area contributed by atoms with Crippen LogP contribution < -0.4 is 16.0 Å². The van der Waals surface area contributed by atoms with Crippen LogP contribution >= 0.6 is 0 Å². The molecule has 1 atom stereocenters. The van der Waals surface area contributed by atoms with E-state index in [1.807, 2.05) is 37.3 Å². The SMILES string of the molecule is CCC(COC(=O)Nc1ccccc1)(COC(=O)Nc1ccccc1)COC(O)Nc1ccccc1. The zero-order valence-electron chi connectivity index (χ0n) is 20.1. The molecule has 0 aromatic heterocycles. The van der Waals surface area contributed by atoms with E-state index in [0.29, 0.717) is 23.5 Å². The number of benzene rings is 3. The quantitative estimate of drug-likeness (QED) is 0.253. The highest BCUT2D eigenvalue weighted by atomic mass is 16.6. The van der Waals surface area contributed by atoms with Crippen LogP contribution in [-0.2, 0) is 14.2 Å². The van der Waals surface area contributed by atoms with Crippen LogP contribution in [0.4, 0.5) is 26.7 Å². The number of para-hydroxylation sites is 3. The number of aliphatic hydroxyl groups is 1. The summed E-state index contributed by atoms with van der Waals surface area (Å²) in [4.78, 5) is 24.8. The zero-order valence-corrected chi connectivity index (χ0v) is 20.1. The normalized spacial score (nSPS) is 11.7. The molecular weight excluding hydrogens is 462 g/mol. The van der Waals surface area contributed by atoms with Gasteiger partial charge in [-0.3, -0.25) is 10.6 Å². The summed E-state index contributed by atoms with van der Waals surface area (Å²) in [6, 6.07) is 26.9. The maximum Gasteiger partial charge on any atom is 0.411 e. The summed E-state index contributed by atoms with van der Waals surface area (Å²) in [7, 11) is 0. The fourth-order valence-corrected chi connectivity index (χ4v) is 3.19. The standard InChI is InChI=1S/C27H31N3O6/c1-2-27(18-34-24(31)28-21-12-6-3-7-13-21,19-35-25(32)29-22-14-8-4-9-15-22)20-36-26(33)30-23-16-10-5-11-17-23/h3-17,24,28,31H,2,18-20H2,1H3,(H,29,32)(H,30,33). The molecule has 3 aromatic carbocycles. The van der Waals surface area contributed by atoms with Gasteiger partial charge in [-0.1, -0.05) is 61.5 Å². The van der Waals surface area contributed by atoms with Crippen molar-refractivity contribution in [2.45, 2.75) is 19.8 Å². The van der Waals surface area contributed by atoms with Crippen LogP contribution in [0.1, 0.15) is 13.3 Å². The topological polar surface area (TPSA) is 118 Å². The molecule has 1 unspecified atom stereocenters. The molecule has 0 aliphatic carbocycles. The Bertz CT molecular complexity index is 1010. The molecule has 190 valence electrons. The minimum absolute atomic E-state index is 0.0538. The number of hydrogen-bond acceptors (Lipinski definition) is 7. The summed E-state index contributed by atoms with van der Waals surface area (Å²) >= 11 is 0. The molecule has 9 nitrogen and oxygen atoms in total. The van der Waals surface area contributed by atoms with Crippen molar-refractivity contribution in [1.29, 1.82) is 0 Å². The minimum Gasteiger partial charge on any atom is -0.448 e. The van der Waals surface area contributed by atoms with Gasteiger partial charge in [-0.2, -0.15) is 0 Å². The summed E-state index contributed by atoms with van der Waals surface area (Å²) in [6.07, 6.45) is -2.21. The van der Waals surface area contributed by atoms with E-state index >= 15 is 0 Å². The smallest absolute Gasteiger partial charge is 0.411 e. The molecule has 0 aliphatic heterocycles. The number of carbonyl (C=O) groups is 2. The van der Waals surface area contributed by atoms with Gasteiger partial charge in [0.25, 0.3) is 0 Å². The molecule has 0 radical (unpaired) electrons. The van der Waals surface area contributed by atoms with E-state index in [9.17, 15) is 14.7 Å². The predicted molar refractivity (Wildman–Crippen MR) is 138 cm³/mol. The van der Waals surface area contributed by atoms with Gasteiger partial charge in [-0.25, -0.2) is 9.59 Å². The number of nitrogens with one attached hydrogen (secondary N) is 3. The van der Waals surface area contributed by atoms with Crippen molar-refractivity contribution in [2.24, 2.45) is 5.41 Å². The molecule has 0 saturated carbocycles. The lowest BCUT2D eigenvalue weighted by atomic mass is 9.88. The van der Waals surface area contributed by atoms with Gasteiger partial charge in [0, 0.05) is 17.1 Å². The van der Waals surface area contributed by atoms with E-state index in [-0.39, 0.29) is 19.8 Å². The van der Waals surface area contributed by atoms with Crippen molar-refractivity contribution in [3.8, 4) is 0 Å². The summed E-state index contributed by atoms with van der Waals surface area (Å²) in [5, 5.41) is 18.5. The van der Waals surface area contributed by atoms with Gasteiger partial charge >= 0.3 is 12.2 Å². The van der Waals surface area contributed by atoms with E-state index < -0.39 is 24.0 Å². The van der Waals surface area contributed by atoms with Crippen molar-refractivity contribution in [3.63, 3.8) is 0 Å². The number of amides is 2. The second-order valence-corrected chi connectivity index (χ2v) is 8.16. The van der Waals surface area contributed by atoms with Gasteiger partial charge in [0.15, 0.2) is 0 Å². The first-order chi connectivity index (χ1) is 17.5. The molecule has 0 spiro atoms. The van der Waals surface area contributed by atoms with Crippen molar-refractivity contribution < 1.29 is 28.9 Å². The average molecular weight is 494 g/mol. The number of hydrogen-bond donors (Lipinski definition) is 4. The second-order valence-electron chi connectivity index (χ2n) is 8.16. The highest BCUT2D eigenvalue weighted by molar-refractivity contribution is 5.85. The molecule has 36 heavy (non-hydrogen) atoms. The molecular formula is C27H31N3O6. The Morgan fingerprint density at radius 1 is 0.722 bits per heavy atom. The Balaban J connectivity index is 1.61. The van der Waals surface area contributed by atoms with Gasteiger partial charge in [-0.15, -0.1) is 0 Å². The Kier molecular flexibility index (Phi) is 10.1. The third kappa shape index (κ3) is 8.94. The summed E-state index contributed by atoms with van der Waals surface area (Å²) in [5.74, 6) is 0. The maximum absolute atomic E-state index is 12.4. The zero-order chi connectivity index (χ0) is 25.6. The van der Waals surface area contributed by atoms with Crippen LogP contribution in [0.3, 0.4) is 0 Å². The lowest BCUT2D eigenvalue weighted by molar-refractivity contribution is -0.126. The van der Waals surface area contributed by atoms with Gasteiger partial charge in [0.05, 0.1) is 12.0 Å². The Morgan fingerprint density at radius 2 is 1.14 bits per heavy atom. The molecule has 3 rings (SSSR count). The average Bonchev–Trinajstić information content (AvgIpc) is 2.90. The van der Waals surface area contributed by atoms with Crippen molar-refractivity contribution in [1.82, 2.24) is 0 Å². The number of anilines is 3. The van der Waals surface area contributed by atoms with Crippen LogP contribution in [0, 0.1) is 5.41 Å². The Hall–Kier alpha value is -4.08. The van der Waals surface area contributed by atoms with E-state index in [1.165, 1.54) is 0 Å². The number of aliphatic hydroxyl groups excluding tert-OH is 1. The first kappa shape index (κ1) is 26.5. The van der Waals surface area contributed by atoms with Gasteiger partial charge in [0.1, 0.15) is 13.2 Å². The predicted octanol–water partition coefficient (Wildman–Crippen LogP) is 5.28. The molecule has 4 N–H and O–H groups in total. The Morgan fingerprint density at radius 3 is 1.56 bits per heavy atom. The summed E-state index contributed by atoms with van der Waals surface area (Å²) in [5.41, 5.74) is 0.925. The molecule has 0 aliphatic rings. The van der Waals surface area contributed by atoms with E-state index in [4.69, 9.17) is 14.2 Å². The molecule has 9 heteroatoms. The highest BCUT2D eigenvalue weighted by Gasteiger charge is 2.34. The lowest BCUT2D eigenvalue weighted by Crippen LogP contribution is -2.41. The maximum atomic E-state index is 12.4. The molecule has 0 fully saturated rings. The molecule has 0 heterocycles. The van der Waals surface area contributed by atoms with Gasteiger partial charge in [0.2, 0.25) is 6.41 Å². The minimum atomic E-state index is -1.32. The second kappa shape index (κ2) is 13.7. The third-order valence-corrected chi connectivity index (χ3v) is 5.42. The first-order valence-electron chi connectivity index (χ1n) is 11.6. The van der Waals surface area contributed by atoms with E-state index in [1.54, 1.807) is 60.7 Å². The monoisotopic (exact) mass is 493 g/mol. The first-order valence-corrected chi connectivity index (χ1v) is 11.6. The Labute approximate surface area is 210 Å². The highest BCUT2D eigenvalue weighted by Crippen LogP contribution is 2.25. The summed E-state index contributed by atoms with van der Waals surface area (Å²) < 4.78 is 16.5. The van der Waals surface area contributed by atoms with Crippen molar-refractivity contribution in [2.75, 3.05) is 35.8 Å². The summed E-state index contributed by atoms with van der Waals surface area (Å²) in [6.45, 7) is 1.58. The lowest BCUT2D eigenvalue weighted by Gasteiger charge is -2.32. The molecule has 3 aromatic rings. The van der Waals surface area contributed by atoms with Gasteiger partial charge in [-0.05, 0) is 42.8 Å². The van der Waals surface area contributed by atoms with Gasteiger partial charge < -0.3 is 24.6 Å². The van der Waals surface area contributed by atoms with Crippen LogP contribution in [0.25, 0.3) is 0 Å². The largest absolute Gasteiger partial charge is 0.448 e. The van der Waals surface area contributed by atoms with E-state index in [2.05, 4.69) is 16.0 Å². The van der Waals surface area contributed by atoms with Crippen LogP contribution in [-0.4, -0.2) is 43.5 Å². The van der Waals surface area contributed by atoms with Crippen LogP contribution in [0.5, 0.6) is 0 Å². The molecule has 0 saturated heterocycles. The number of ether oxygens (including phenoxy) is 3. The van der Waals surface area contributed by atoms with E-state index in [0.717, 1.165) is 0 Å². The molecule has 2 amide bonds. The van der Waals surface area contributed by atoms with Crippen molar-refractivity contribution >= 4 is 29.2 Å². The molecule has 0 bridgehead atoms. The third-order valence-electron chi connectivity index (χ3n) is 5.42.